The zero-order valence-corrected chi connectivity index (χ0v) is 15.2. The molecule has 0 fully saturated rings. The predicted molar refractivity (Wildman–Crippen MR) is 97.4 cm³/mol. The number of benzene rings is 3. The Labute approximate surface area is 151 Å². The lowest BCUT2D eigenvalue weighted by molar-refractivity contribution is 0.479. The highest BCUT2D eigenvalue weighted by Crippen LogP contribution is 2.33. The fraction of sp³-hybridized carbons (Fsp3) is 0.111. The molecule has 0 unspecified atom stereocenters. The first kappa shape index (κ1) is 18.5. The summed E-state index contributed by atoms with van der Waals surface area (Å²) in [5.74, 6) is 0. The molecule has 136 valence electrons. The van der Waals surface area contributed by atoms with Crippen molar-refractivity contribution < 1.29 is 25.9 Å². The molecule has 0 aromatic heterocycles. The highest BCUT2D eigenvalue weighted by Gasteiger charge is 2.27. The summed E-state index contributed by atoms with van der Waals surface area (Å²) in [6, 6.07) is 16.5. The Morgan fingerprint density at radius 1 is 0.731 bits per heavy atom. The van der Waals surface area contributed by atoms with E-state index < -0.39 is 30.0 Å². The van der Waals surface area contributed by atoms with Crippen LogP contribution in [0.5, 0.6) is 0 Å². The van der Waals surface area contributed by atoms with E-state index in [0.717, 1.165) is 5.56 Å². The van der Waals surface area contributed by atoms with Crippen LogP contribution in [0.2, 0.25) is 0 Å². The number of fused-ring (bicyclic) bond motifs is 1. The zero-order valence-electron chi connectivity index (χ0n) is 13.5. The molecule has 8 heteroatoms. The van der Waals surface area contributed by atoms with Gasteiger partial charge in [-0.3, -0.25) is 9.11 Å². The minimum atomic E-state index is -4.72. The molecule has 0 aliphatic heterocycles. The average Bonchev–Trinajstić information content (AvgIpc) is 2.57. The van der Waals surface area contributed by atoms with Gasteiger partial charge in [0.1, 0.15) is 4.90 Å². The van der Waals surface area contributed by atoms with E-state index in [1.807, 2.05) is 30.3 Å². The summed E-state index contributed by atoms with van der Waals surface area (Å²) in [7, 11) is -9.41. The van der Waals surface area contributed by atoms with Gasteiger partial charge in [-0.25, -0.2) is 0 Å². The van der Waals surface area contributed by atoms with Gasteiger partial charge in [-0.1, -0.05) is 54.6 Å². The SMILES string of the molecule is O=S(=O)(O)c1cc2ccccc2c(S(=O)(=O)O)c1CCc1ccccc1. The zero-order chi connectivity index (χ0) is 18.9. The lowest BCUT2D eigenvalue weighted by atomic mass is 10.0. The van der Waals surface area contributed by atoms with E-state index >= 15 is 0 Å². The van der Waals surface area contributed by atoms with Crippen LogP contribution < -0.4 is 0 Å². The third-order valence-corrected chi connectivity index (χ3v) is 6.01. The maximum atomic E-state index is 12.0. The molecular weight excluding hydrogens is 376 g/mol. The van der Waals surface area contributed by atoms with E-state index in [1.54, 1.807) is 12.1 Å². The minimum Gasteiger partial charge on any atom is -0.282 e. The third kappa shape index (κ3) is 3.78. The van der Waals surface area contributed by atoms with Crippen molar-refractivity contribution in [2.24, 2.45) is 0 Å². The first-order valence-corrected chi connectivity index (χ1v) is 10.6. The van der Waals surface area contributed by atoms with Gasteiger partial charge >= 0.3 is 0 Å². The molecule has 0 aliphatic carbocycles. The van der Waals surface area contributed by atoms with E-state index in [9.17, 15) is 25.9 Å². The van der Waals surface area contributed by atoms with Crippen molar-refractivity contribution >= 4 is 31.0 Å². The summed E-state index contributed by atoms with van der Waals surface area (Å²) < 4.78 is 67.2. The van der Waals surface area contributed by atoms with Crippen LogP contribution in [0.4, 0.5) is 0 Å². The Balaban J connectivity index is 2.30. The van der Waals surface area contributed by atoms with E-state index in [4.69, 9.17) is 0 Å². The maximum Gasteiger partial charge on any atom is 0.295 e. The number of rotatable bonds is 5. The third-order valence-electron chi connectivity index (χ3n) is 4.11. The van der Waals surface area contributed by atoms with E-state index in [2.05, 4.69) is 0 Å². The normalized spacial score (nSPS) is 12.4. The van der Waals surface area contributed by atoms with Gasteiger partial charge in [0.15, 0.2) is 0 Å². The molecule has 0 atom stereocenters. The van der Waals surface area contributed by atoms with Crippen LogP contribution in [-0.4, -0.2) is 25.9 Å². The molecule has 0 heterocycles. The van der Waals surface area contributed by atoms with Gasteiger partial charge in [0.2, 0.25) is 0 Å². The fourth-order valence-electron chi connectivity index (χ4n) is 3.01. The Kier molecular flexibility index (Phi) is 4.85. The van der Waals surface area contributed by atoms with Crippen LogP contribution in [0, 0.1) is 0 Å². The molecule has 0 amide bonds. The van der Waals surface area contributed by atoms with Gasteiger partial charge in [-0.2, -0.15) is 16.8 Å². The van der Waals surface area contributed by atoms with Gasteiger partial charge in [-0.05, 0) is 35.4 Å². The van der Waals surface area contributed by atoms with Crippen molar-refractivity contribution in [2.75, 3.05) is 0 Å². The molecule has 0 saturated carbocycles. The van der Waals surface area contributed by atoms with Crippen LogP contribution in [0.1, 0.15) is 11.1 Å². The van der Waals surface area contributed by atoms with Crippen LogP contribution in [0.3, 0.4) is 0 Å². The molecule has 2 N–H and O–H groups in total. The Morgan fingerprint density at radius 3 is 1.96 bits per heavy atom. The van der Waals surface area contributed by atoms with E-state index in [0.29, 0.717) is 6.42 Å². The van der Waals surface area contributed by atoms with E-state index in [-0.39, 0.29) is 22.8 Å². The first-order chi connectivity index (χ1) is 12.2. The highest BCUT2D eigenvalue weighted by atomic mass is 32.2. The van der Waals surface area contributed by atoms with Crippen molar-refractivity contribution in [2.45, 2.75) is 22.6 Å². The second-order valence-corrected chi connectivity index (χ2v) is 8.59. The van der Waals surface area contributed by atoms with Gasteiger partial charge in [0.25, 0.3) is 20.2 Å². The highest BCUT2D eigenvalue weighted by molar-refractivity contribution is 7.87. The molecule has 3 aromatic carbocycles. The lowest BCUT2D eigenvalue weighted by Crippen LogP contribution is -2.12. The molecule has 0 radical (unpaired) electrons. The molecule has 3 aromatic rings. The summed E-state index contributed by atoms with van der Waals surface area (Å²) in [5, 5.41) is 0.488. The summed E-state index contributed by atoms with van der Waals surface area (Å²) in [6.07, 6.45) is 0.351. The van der Waals surface area contributed by atoms with Crippen molar-refractivity contribution in [3.8, 4) is 0 Å². The van der Waals surface area contributed by atoms with Crippen LogP contribution in [0.25, 0.3) is 10.8 Å². The Morgan fingerprint density at radius 2 is 1.35 bits per heavy atom. The fourth-order valence-corrected chi connectivity index (χ4v) is 4.85. The summed E-state index contributed by atoms with van der Waals surface area (Å²) in [4.78, 5) is -1.00. The van der Waals surface area contributed by atoms with Gasteiger partial charge in [0.05, 0.1) is 4.90 Å². The van der Waals surface area contributed by atoms with Crippen LogP contribution in [-0.2, 0) is 33.1 Å². The largest absolute Gasteiger partial charge is 0.295 e. The molecule has 0 bridgehead atoms. The molecule has 6 nitrogen and oxygen atoms in total. The smallest absolute Gasteiger partial charge is 0.282 e. The van der Waals surface area contributed by atoms with Gasteiger partial charge < -0.3 is 0 Å². The summed E-state index contributed by atoms with van der Waals surface area (Å²) in [5.41, 5.74) is 0.737. The topological polar surface area (TPSA) is 109 Å². The second-order valence-electron chi connectivity index (χ2n) is 5.84. The second kappa shape index (κ2) is 6.81. The Hall–Kier alpha value is -2.26. The molecule has 3 rings (SSSR count). The quantitative estimate of drug-likeness (QED) is 0.646. The molecular formula is C18H16O6S2. The number of hydrogen-bond acceptors (Lipinski definition) is 4. The monoisotopic (exact) mass is 392 g/mol. The number of aryl methyl sites for hydroxylation is 1. The lowest BCUT2D eigenvalue weighted by Gasteiger charge is -2.15. The van der Waals surface area contributed by atoms with Crippen molar-refractivity contribution in [3.63, 3.8) is 0 Å². The van der Waals surface area contributed by atoms with Crippen molar-refractivity contribution in [1.29, 1.82) is 0 Å². The van der Waals surface area contributed by atoms with Crippen LogP contribution in [0.15, 0.2) is 70.5 Å². The van der Waals surface area contributed by atoms with Crippen LogP contribution >= 0.6 is 0 Å². The maximum absolute atomic E-state index is 12.0. The van der Waals surface area contributed by atoms with E-state index in [1.165, 1.54) is 18.2 Å². The average molecular weight is 392 g/mol. The Bertz CT molecular complexity index is 1170. The molecule has 0 saturated heterocycles. The number of hydrogen-bond donors (Lipinski definition) is 2. The summed E-state index contributed by atoms with van der Waals surface area (Å²) >= 11 is 0. The van der Waals surface area contributed by atoms with Gasteiger partial charge in [-0.15, -0.1) is 0 Å². The predicted octanol–water partition coefficient (Wildman–Crippen LogP) is 3.12. The molecule has 26 heavy (non-hydrogen) atoms. The molecule has 0 spiro atoms. The first-order valence-electron chi connectivity index (χ1n) is 7.71. The standard InChI is InChI=1S/C18H16O6S2/c19-25(20,21)17-12-14-8-4-5-9-15(14)18(26(22,23)24)16(17)11-10-13-6-2-1-3-7-13/h1-9,12H,10-11H2,(H,19,20,21)(H,22,23,24). The van der Waals surface area contributed by atoms with Crippen molar-refractivity contribution in [3.05, 3.63) is 71.8 Å². The van der Waals surface area contributed by atoms with Crippen molar-refractivity contribution in [1.82, 2.24) is 0 Å². The molecule has 0 aliphatic rings. The van der Waals surface area contributed by atoms with Gasteiger partial charge in [0, 0.05) is 5.39 Å². The minimum absolute atomic E-state index is 0.0130. The summed E-state index contributed by atoms with van der Waals surface area (Å²) in [6.45, 7) is 0.